The van der Waals surface area contributed by atoms with Crippen LogP contribution in [-0.2, 0) is 9.53 Å². The van der Waals surface area contributed by atoms with Crippen LogP contribution in [-0.4, -0.2) is 19.0 Å². The van der Waals surface area contributed by atoms with Crippen LogP contribution in [0.5, 0.6) is 0 Å². The van der Waals surface area contributed by atoms with E-state index in [1.165, 1.54) is 73.3 Å². The Morgan fingerprint density at radius 1 is 1.00 bits per heavy atom. The van der Waals surface area contributed by atoms with Crippen molar-refractivity contribution in [2.24, 2.45) is 28.6 Å². The molecule has 1 saturated heterocycles. The van der Waals surface area contributed by atoms with Crippen molar-refractivity contribution in [2.45, 2.75) is 138 Å². The second-order valence-electron chi connectivity index (χ2n) is 15.1. The highest BCUT2D eigenvalue weighted by Gasteiger charge is 2.36. The molecule has 44 heavy (non-hydrogen) atoms. The van der Waals surface area contributed by atoms with Crippen LogP contribution in [0.15, 0.2) is 53.1 Å². The zero-order valence-electron chi connectivity index (χ0n) is 28.9. The first kappa shape index (κ1) is 35.7. The third-order valence-electron chi connectivity index (χ3n) is 11.7. The van der Waals surface area contributed by atoms with Gasteiger partial charge in [-0.05, 0) is 172 Å². The van der Waals surface area contributed by atoms with Gasteiger partial charge in [0.05, 0.1) is 0 Å². The van der Waals surface area contributed by atoms with Crippen molar-refractivity contribution in [3.8, 4) is 0 Å². The zero-order valence-corrected chi connectivity index (χ0v) is 31.1. The smallest absolute Gasteiger partial charge is 0.135 e. The molecular weight excluding hydrogens is 651 g/mol. The van der Waals surface area contributed by atoms with Gasteiger partial charge in [-0.15, -0.1) is 0 Å². The lowest BCUT2D eigenvalue weighted by molar-refractivity contribution is -0.126. The molecule has 0 radical (unpaired) electrons. The van der Waals surface area contributed by atoms with Gasteiger partial charge in [0.2, 0.25) is 0 Å². The molecule has 1 aliphatic heterocycles. The molecule has 3 aliphatic rings. The topological polar surface area (TPSA) is 26.3 Å². The Morgan fingerprint density at radius 3 is 2.30 bits per heavy atom. The molecule has 2 aliphatic carbocycles. The molecule has 0 aromatic heterocycles. The molecule has 3 atom stereocenters. The maximum Gasteiger partial charge on any atom is 0.135 e. The highest BCUT2D eigenvalue weighted by atomic mass is 127. The minimum Gasteiger partial charge on any atom is -0.381 e. The number of ketones is 1. The van der Waals surface area contributed by atoms with E-state index in [0.29, 0.717) is 17.1 Å². The number of hydrogen-bond donors (Lipinski definition) is 0. The van der Waals surface area contributed by atoms with E-state index in [0.717, 1.165) is 57.2 Å². The van der Waals surface area contributed by atoms with Gasteiger partial charge in [0.25, 0.3) is 0 Å². The Hall–Kier alpha value is -1.20. The summed E-state index contributed by atoms with van der Waals surface area (Å²) in [6.45, 7) is 15.2. The van der Waals surface area contributed by atoms with Gasteiger partial charge in [-0.25, -0.2) is 0 Å². The third-order valence-corrected chi connectivity index (χ3v) is 12.4. The third kappa shape index (κ3) is 9.66. The quantitative estimate of drug-likeness (QED) is 0.119. The Labute approximate surface area is 284 Å². The Morgan fingerprint density at radius 2 is 1.70 bits per heavy atom. The Kier molecular flexibility index (Phi) is 13.4. The predicted molar refractivity (Wildman–Crippen MR) is 197 cm³/mol. The van der Waals surface area contributed by atoms with Crippen molar-refractivity contribution >= 4 is 33.9 Å². The highest BCUT2D eigenvalue weighted by Crippen LogP contribution is 2.50. The predicted octanol–water partition coefficient (Wildman–Crippen LogP) is 12.3. The summed E-state index contributed by atoms with van der Waals surface area (Å²) in [5.41, 5.74) is 8.28. The minimum atomic E-state index is -0.150. The van der Waals surface area contributed by atoms with Crippen molar-refractivity contribution in [3.05, 3.63) is 62.3 Å². The van der Waals surface area contributed by atoms with Crippen LogP contribution in [0, 0.1) is 32.2 Å². The number of hydrogen-bond acceptors (Lipinski definition) is 2. The van der Waals surface area contributed by atoms with Crippen LogP contribution >= 0.6 is 22.6 Å². The molecule has 4 rings (SSSR count). The molecule has 2 nitrogen and oxygen atoms in total. The van der Waals surface area contributed by atoms with E-state index in [1.54, 1.807) is 29.2 Å². The van der Waals surface area contributed by atoms with E-state index in [4.69, 9.17) is 4.74 Å². The zero-order chi connectivity index (χ0) is 31.7. The van der Waals surface area contributed by atoms with Crippen LogP contribution < -0.4 is 0 Å². The summed E-state index contributed by atoms with van der Waals surface area (Å²) in [5, 5.41) is 0. The van der Waals surface area contributed by atoms with E-state index in [-0.39, 0.29) is 5.41 Å². The van der Waals surface area contributed by atoms with Gasteiger partial charge in [0.1, 0.15) is 5.78 Å². The van der Waals surface area contributed by atoms with Crippen molar-refractivity contribution in [2.75, 3.05) is 13.2 Å². The first-order chi connectivity index (χ1) is 21.1. The van der Waals surface area contributed by atoms with Crippen molar-refractivity contribution in [3.63, 3.8) is 0 Å². The molecule has 1 saturated carbocycles. The highest BCUT2D eigenvalue weighted by molar-refractivity contribution is 14.1. The van der Waals surface area contributed by atoms with Gasteiger partial charge in [-0.3, -0.25) is 4.79 Å². The normalized spacial score (nSPS) is 22.8. The molecular formula is C41H61IO2. The fourth-order valence-corrected chi connectivity index (χ4v) is 8.49. The Balaban J connectivity index is 1.44. The maximum atomic E-state index is 12.4. The molecule has 1 aromatic rings. The summed E-state index contributed by atoms with van der Waals surface area (Å²) >= 11 is 2.43. The van der Waals surface area contributed by atoms with Crippen LogP contribution in [0.3, 0.4) is 0 Å². The number of halogens is 1. The number of carbonyl (C=O) groups excluding carboxylic acids is 1. The second-order valence-corrected chi connectivity index (χ2v) is 16.3. The summed E-state index contributed by atoms with van der Waals surface area (Å²) in [5.74, 6) is 2.54. The largest absolute Gasteiger partial charge is 0.381 e. The molecule has 2 fully saturated rings. The molecule has 0 amide bonds. The van der Waals surface area contributed by atoms with E-state index in [2.05, 4.69) is 93.6 Å². The Bertz CT molecular complexity index is 1180. The number of Topliss-reactive ketones (excluding diaryl/α,β-unsaturated/α-hetero) is 1. The first-order valence-corrected chi connectivity index (χ1v) is 19.1. The van der Waals surface area contributed by atoms with Gasteiger partial charge in [0.15, 0.2) is 0 Å². The second kappa shape index (κ2) is 16.6. The summed E-state index contributed by atoms with van der Waals surface area (Å²) < 4.78 is 7.14. The fraction of sp³-hybridized carbons (Fsp3) is 0.683. The van der Waals surface area contributed by atoms with Gasteiger partial charge in [0, 0.05) is 22.2 Å². The summed E-state index contributed by atoms with van der Waals surface area (Å²) in [6, 6.07) is 9.31. The number of benzene rings is 1. The van der Waals surface area contributed by atoms with Gasteiger partial charge in [-0.2, -0.15) is 0 Å². The summed E-state index contributed by atoms with van der Waals surface area (Å²) in [6.07, 6.45) is 23.0. The standard InChI is InChI=1S/C41H61IO2/c1-7-22-41(6,30(4)43)24-10-12-31(8-2)29-40(5,9-3)23-11-13-35-27-38(32-14-15-32)39(33-16-18-36(42)19-17-33)28-37(35)34-20-25-44-26-21-34/h8,16-19,27,32,34,37H,7,9-15,20-26,28-29H2,1-6H3/b31-8-/t37-,40+,41?/m1/s1. The summed E-state index contributed by atoms with van der Waals surface area (Å²) in [7, 11) is 0. The fourth-order valence-electron chi connectivity index (χ4n) is 8.13. The van der Waals surface area contributed by atoms with Crippen LogP contribution in [0.25, 0.3) is 5.57 Å². The number of ether oxygens (including phenoxy) is 1. The minimum absolute atomic E-state index is 0.150. The van der Waals surface area contributed by atoms with Gasteiger partial charge >= 0.3 is 0 Å². The van der Waals surface area contributed by atoms with E-state index in [1.807, 2.05) is 0 Å². The summed E-state index contributed by atoms with van der Waals surface area (Å²) in [4.78, 5) is 12.4. The lowest BCUT2D eigenvalue weighted by Gasteiger charge is -2.37. The average molecular weight is 713 g/mol. The van der Waals surface area contributed by atoms with E-state index < -0.39 is 0 Å². The number of allylic oxidation sites excluding steroid dienone is 6. The molecule has 1 heterocycles. The van der Waals surface area contributed by atoms with Crippen LogP contribution in [0.2, 0.25) is 0 Å². The molecule has 1 aromatic carbocycles. The maximum absolute atomic E-state index is 12.4. The molecule has 0 spiro atoms. The SMILES string of the molecule is C/C=C(/CCCC(C)(CCC)C(C)=O)C[C@@](C)(CC)CCCC1=CC(C2CC2)=C(c2ccc(I)cc2)C[C@@H]1C1CCOCC1. The van der Waals surface area contributed by atoms with Gasteiger partial charge < -0.3 is 4.74 Å². The molecule has 3 heteroatoms. The van der Waals surface area contributed by atoms with E-state index >= 15 is 0 Å². The first-order valence-electron chi connectivity index (χ1n) is 18.0. The van der Waals surface area contributed by atoms with Crippen molar-refractivity contribution < 1.29 is 9.53 Å². The number of rotatable bonds is 17. The molecule has 0 N–H and O–H groups in total. The monoisotopic (exact) mass is 712 g/mol. The molecule has 244 valence electrons. The van der Waals surface area contributed by atoms with Crippen molar-refractivity contribution in [1.29, 1.82) is 0 Å². The van der Waals surface area contributed by atoms with Crippen LogP contribution in [0.4, 0.5) is 0 Å². The molecule has 1 unspecified atom stereocenters. The average Bonchev–Trinajstić information content (AvgIpc) is 3.87. The number of carbonyl (C=O) groups is 1. The lowest BCUT2D eigenvalue weighted by Crippen LogP contribution is -2.27. The van der Waals surface area contributed by atoms with E-state index in [9.17, 15) is 4.79 Å². The van der Waals surface area contributed by atoms with Gasteiger partial charge in [-0.1, -0.05) is 76.0 Å². The molecule has 0 bridgehead atoms. The lowest BCUT2D eigenvalue weighted by atomic mass is 9.69. The van der Waals surface area contributed by atoms with Crippen molar-refractivity contribution in [1.82, 2.24) is 0 Å². The van der Waals surface area contributed by atoms with Crippen LogP contribution in [0.1, 0.15) is 143 Å².